The van der Waals surface area contributed by atoms with Gasteiger partial charge in [0, 0.05) is 45.1 Å². The molecule has 1 atom stereocenters. The van der Waals surface area contributed by atoms with Crippen LogP contribution in [0.1, 0.15) is 58.8 Å². The van der Waals surface area contributed by atoms with Crippen LogP contribution in [-0.4, -0.2) is 77.2 Å². The molecule has 0 bridgehead atoms. The zero-order valence-electron chi connectivity index (χ0n) is 16.3. The standard InChI is InChI=1S/C19H34N4O3/c1-3-21(4-2)17(24)8-5-9-18(25)22-13-10-15(11-14-22)23-12-6-7-16(23)19(20)26/h15-16H,3-14H2,1-2H3,(H2,20,26). The summed E-state index contributed by atoms with van der Waals surface area (Å²) in [5.74, 6) is 0.0515. The Kier molecular flexibility index (Phi) is 7.87. The van der Waals surface area contributed by atoms with Gasteiger partial charge in [-0.1, -0.05) is 0 Å². The van der Waals surface area contributed by atoms with Crippen molar-refractivity contribution in [3.05, 3.63) is 0 Å². The van der Waals surface area contributed by atoms with Crippen molar-refractivity contribution in [3.63, 3.8) is 0 Å². The minimum absolute atomic E-state index is 0.131. The number of likely N-dealkylation sites (tertiary alicyclic amines) is 2. The van der Waals surface area contributed by atoms with Gasteiger partial charge in [-0.05, 0) is 52.5 Å². The Bertz CT molecular complexity index is 499. The van der Waals surface area contributed by atoms with Crippen LogP contribution in [0.2, 0.25) is 0 Å². The van der Waals surface area contributed by atoms with Crippen LogP contribution in [0.5, 0.6) is 0 Å². The molecule has 1 unspecified atom stereocenters. The smallest absolute Gasteiger partial charge is 0.234 e. The number of nitrogens with zero attached hydrogens (tertiary/aromatic N) is 3. The van der Waals surface area contributed by atoms with Gasteiger partial charge >= 0.3 is 0 Å². The van der Waals surface area contributed by atoms with Crippen molar-refractivity contribution >= 4 is 17.7 Å². The fourth-order valence-electron chi connectivity index (χ4n) is 4.26. The minimum atomic E-state index is -0.223. The summed E-state index contributed by atoms with van der Waals surface area (Å²) in [6.45, 7) is 7.78. The summed E-state index contributed by atoms with van der Waals surface area (Å²) in [7, 11) is 0. The van der Waals surface area contributed by atoms with Gasteiger partial charge in [-0.15, -0.1) is 0 Å². The van der Waals surface area contributed by atoms with Crippen LogP contribution in [0.3, 0.4) is 0 Å². The molecule has 26 heavy (non-hydrogen) atoms. The Balaban J connectivity index is 1.71. The SMILES string of the molecule is CCN(CC)C(=O)CCCC(=O)N1CCC(N2CCCC2C(N)=O)CC1. The Morgan fingerprint density at radius 1 is 1.00 bits per heavy atom. The molecule has 0 aromatic heterocycles. The van der Waals surface area contributed by atoms with E-state index in [1.165, 1.54) is 0 Å². The molecule has 7 nitrogen and oxygen atoms in total. The monoisotopic (exact) mass is 366 g/mol. The summed E-state index contributed by atoms with van der Waals surface area (Å²) < 4.78 is 0. The van der Waals surface area contributed by atoms with Crippen molar-refractivity contribution in [3.8, 4) is 0 Å². The van der Waals surface area contributed by atoms with Crippen molar-refractivity contribution < 1.29 is 14.4 Å². The summed E-state index contributed by atoms with van der Waals surface area (Å²) in [6.07, 6.45) is 5.16. The summed E-state index contributed by atoms with van der Waals surface area (Å²) >= 11 is 0. The van der Waals surface area contributed by atoms with Gasteiger partial charge in [-0.25, -0.2) is 0 Å². The van der Waals surface area contributed by atoms with E-state index in [-0.39, 0.29) is 23.8 Å². The highest BCUT2D eigenvalue weighted by Crippen LogP contribution is 2.26. The van der Waals surface area contributed by atoms with E-state index in [4.69, 9.17) is 5.73 Å². The van der Waals surface area contributed by atoms with Crippen LogP contribution in [0.4, 0.5) is 0 Å². The maximum atomic E-state index is 12.4. The largest absolute Gasteiger partial charge is 0.368 e. The molecule has 2 aliphatic rings. The molecule has 0 aromatic carbocycles. The molecule has 2 N–H and O–H groups in total. The van der Waals surface area contributed by atoms with E-state index >= 15 is 0 Å². The summed E-state index contributed by atoms with van der Waals surface area (Å²) in [5.41, 5.74) is 5.51. The van der Waals surface area contributed by atoms with E-state index in [2.05, 4.69) is 4.90 Å². The number of hydrogen-bond donors (Lipinski definition) is 1. The van der Waals surface area contributed by atoms with E-state index in [0.717, 1.165) is 58.4 Å². The molecule has 0 saturated carbocycles. The molecule has 0 aliphatic carbocycles. The number of nitrogens with two attached hydrogens (primary N) is 1. The Morgan fingerprint density at radius 2 is 1.65 bits per heavy atom. The molecular weight excluding hydrogens is 332 g/mol. The first kappa shape index (κ1) is 20.7. The van der Waals surface area contributed by atoms with E-state index in [0.29, 0.717) is 25.3 Å². The van der Waals surface area contributed by atoms with Gasteiger partial charge in [0.15, 0.2) is 0 Å². The highest BCUT2D eigenvalue weighted by atomic mass is 16.2. The predicted octanol–water partition coefficient (Wildman–Crippen LogP) is 0.966. The lowest BCUT2D eigenvalue weighted by Crippen LogP contribution is -2.51. The number of amides is 3. The van der Waals surface area contributed by atoms with Crippen LogP contribution in [-0.2, 0) is 14.4 Å². The maximum Gasteiger partial charge on any atom is 0.234 e. The average molecular weight is 367 g/mol. The fourth-order valence-corrected chi connectivity index (χ4v) is 4.26. The quantitative estimate of drug-likeness (QED) is 0.693. The van der Waals surface area contributed by atoms with Crippen molar-refractivity contribution in [2.75, 3.05) is 32.7 Å². The van der Waals surface area contributed by atoms with Crippen LogP contribution >= 0.6 is 0 Å². The van der Waals surface area contributed by atoms with E-state index < -0.39 is 0 Å². The third-order valence-electron chi connectivity index (χ3n) is 5.81. The van der Waals surface area contributed by atoms with Gasteiger partial charge in [-0.3, -0.25) is 19.3 Å². The van der Waals surface area contributed by atoms with Gasteiger partial charge in [0.25, 0.3) is 0 Å². The first-order valence-electron chi connectivity index (χ1n) is 10.1. The lowest BCUT2D eigenvalue weighted by Gasteiger charge is -2.38. The molecule has 2 saturated heterocycles. The molecule has 2 rings (SSSR count). The first-order chi connectivity index (χ1) is 12.5. The van der Waals surface area contributed by atoms with Gasteiger partial charge in [0.2, 0.25) is 17.7 Å². The van der Waals surface area contributed by atoms with Crippen molar-refractivity contribution in [2.45, 2.75) is 70.9 Å². The summed E-state index contributed by atoms with van der Waals surface area (Å²) in [6, 6.07) is 0.219. The van der Waals surface area contributed by atoms with Gasteiger partial charge in [0.1, 0.15) is 0 Å². The second-order valence-corrected chi connectivity index (χ2v) is 7.33. The second-order valence-electron chi connectivity index (χ2n) is 7.33. The Morgan fingerprint density at radius 3 is 2.23 bits per heavy atom. The number of carbonyl (C=O) groups is 3. The number of primary amides is 1. The zero-order chi connectivity index (χ0) is 19.1. The summed E-state index contributed by atoms with van der Waals surface area (Å²) in [5, 5.41) is 0. The molecule has 0 spiro atoms. The van der Waals surface area contributed by atoms with Crippen LogP contribution < -0.4 is 5.73 Å². The van der Waals surface area contributed by atoms with E-state index in [9.17, 15) is 14.4 Å². The van der Waals surface area contributed by atoms with Gasteiger partial charge < -0.3 is 15.5 Å². The molecule has 2 fully saturated rings. The maximum absolute atomic E-state index is 12.4. The van der Waals surface area contributed by atoms with E-state index in [1.807, 2.05) is 18.7 Å². The third-order valence-corrected chi connectivity index (χ3v) is 5.81. The molecule has 3 amide bonds. The summed E-state index contributed by atoms with van der Waals surface area (Å²) in [4.78, 5) is 41.9. The first-order valence-corrected chi connectivity index (χ1v) is 10.1. The Hall–Kier alpha value is -1.63. The third kappa shape index (κ3) is 5.19. The highest BCUT2D eigenvalue weighted by Gasteiger charge is 2.36. The van der Waals surface area contributed by atoms with Crippen molar-refractivity contribution in [1.82, 2.24) is 14.7 Å². The fraction of sp³-hybridized carbons (Fsp3) is 0.842. The molecule has 2 heterocycles. The molecule has 148 valence electrons. The lowest BCUT2D eigenvalue weighted by molar-refractivity contribution is -0.134. The number of rotatable bonds is 8. The van der Waals surface area contributed by atoms with Crippen molar-refractivity contribution in [2.24, 2.45) is 5.73 Å². The second kappa shape index (κ2) is 9.90. The van der Waals surface area contributed by atoms with Crippen LogP contribution in [0, 0.1) is 0 Å². The minimum Gasteiger partial charge on any atom is -0.368 e. The normalized spacial score (nSPS) is 21.8. The predicted molar refractivity (Wildman–Crippen MR) is 100 cm³/mol. The molecule has 0 radical (unpaired) electrons. The van der Waals surface area contributed by atoms with Crippen molar-refractivity contribution in [1.29, 1.82) is 0 Å². The molecule has 2 aliphatic heterocycles. The molecule has 7 heteroatoms. The van der Waals surface area contributed by atoms with Crippen LogP contribution in [0.25, 0.3) is 0 Å². The number of piperidine rings is 1. The molecule has 0 aromatic rings. The van der Waals surface area contributed by atoms with Gasteiger partial charge in [-0.2, -0.15) is 0 Å². The van der Waals surface area contributed by atoms with Crippen LogP contribution in [0.15, 0.2) is 0 Å². The zero-order valence-corrected chi connectivity index (χ0v) is 16.3. The number of hydrogen-bond acceptors (Lipinski definition) is 4. The molecular formula is C19H34N4O3. The lowest BCUT2D eigenvalue weighted by atomic mass is 10.0. The van der Waals surface area contributed by atoms with Gasteiger partial charge in [0.05, 0.1) is 6.04 Å². The average Bonchev–Trinajstić information content (AvgIpc) is 3.13. The van der Waals surface area contributed by atoms with E-state index in [1.54, 1.807) is 4.90 Å². The highest BCUT2D eigenvalue weighted by molar-refractivity contribution is 5.80. The number of carbonyl (C=O) groups excluding carboxylic acids is 3. The Labute approximate surface area is 156 Å². The topological polar surface area (TPSA) is 87.0 Å².